The number of methoxy groups -OCH3 is 1. The molecule has 258 valence electrons. The van der Waals surface area contributed by atoms with Crippen LogP contribution < -0.4 is 10.6 Å². The summed E-state index contributed by atoms with van der Waals surface area (Å²) in [6.07, 6.45) is 2.94. The highest BCUT2D eigenvalue weighted by Gasteiger charge is 2.63. The first-order valence-corrected chi connectivity index (χ1v) is 17.6. The molecule has 4 atom stereocenters. The van der Waals surface area contributed by atoms with Crippen molar-refractivity contribution < 1.29 is 23.5 Å². The van der Waals surface area contributed by atoms with Crippen molar-refractivity contribution in [3.63, 3.8) is 0 Å². The Bertz CT molecular complexity index is 1880. The summed E-state index contributed by atoms with van der Waals surface area (Å²) in [6, 6.07) is 17.5. The van der Waals surface area contributed by atoms with Gasteiger partial charge in [-0.2, -0.15) is 0 Å². The molecule has 0 spiro atoms. The fourth-order valence-electron chi connectivity index (χ4n) is 7.82. The van der Waals surface area contributed by atoms with E-state index < -0.39 is 17.3 Å². The van der Waals surface area contributed by atoms with Crippen LogP contribution in [0.5, 0.6) is 0 Å². The SMILES string of the molecule is COCCOCCNC(=O)c1ccc2c(c1)nc1n2CC[C@H]2[C@@H]1[C@H](c1cccc(Cl)c1F)[C@](C)(C(=O)Nc1cccc(Cl)c1)N2CC1CC1. The highest BCUT2D eigenvalue weighted by molar-refractivity contribution is 6.31. The second kappa shape index (κ2) is 14.0. The zero-order chi connectivity index (χ0) is 34.3. The minimum atomic E-state index is -1.16. The number of nitrogens with one attached hydrogen (secondary N) is 2. The van der Waals surface area contributed by atoms with Crippen LogP contribution in [-0.4, -0.2) is 77.9 Å². The van der Waals surface area contributed by atoms with Gasteiger partial charge in [-0.3, -0.25) is 14.5 Å². The number of fused-ring (bicyclic) bond motifs is 5. The molecule has 12 heteroatoms. The zero-order valence-corrected chi connectivity index (χ0v) is 29.1. The van der Waals surface area contributed by atoms with E-state index in [0.717, 1.165) is 37.1 Å². The number of hydrogen-bond acceptors (Lipinski definition) is 6. The van der Waals surface area contributed by atoms with E-state index in [2.05, 4.69) is 20.1 Å². The number of benzene rings is 3. The fraction of sp³-hybridized carbons (Fsp3) is 0.432. The van der Waals surface area contributed by atoms with E-state index >= 15 is 4.39 Å². The van der Waals surface area contributed by atoms with Crippen molar-refractivity contribution >= 4 is 51.7 Å². The number of likely N-dealkylation sites (tertiary alicyclic amines) is 1. The smallest absolute Gasteiger partial charge is 0.251 e. The number of nitrogens with zero attached hydrogens (tertiary/aromatic N) is 3. The number of hydrogen-bond donors (Lipinski definition) is 2. The molecule has 1 aliphatic carbocycles. The molecule has 9 nitrogen and oxygen atoms in total. The Labute approximate surface area is 295 Å². The summed E-state index contributed by atoms with van der Waals surface area (Å²) in [5, 5.41) is 6.55. The van der Waals surface area contributed by atoms with Crippen molar-refractivity contribution in [3.8, 4) is 0 Å². The van der Waals surface area contributed by atoms with Crippen LogP contribution in [0.15, 0.2) is 60.7 Å². The number of anilines is 1. The number of aryl methyl sites for hydroxylation is 1. The molecule has 2 N–H and O–H groups in total. The number of carbonyl (C=O) groups is 2. The van der Waals surface area contributed by atoms with E-state index in [1.165, 1.54) is 6.07 Å². The third-order valence-electron chi connectivity index (χ3n) is 10.3. The highest BCUT2D eigenvalue weighted by atomic mass is 35.5. The summed E-state index contributed by atoms with van der Waals surface area (Å²) >= 11 is 12.7. The number of amides is 2. The molecule has 0 unspecified atom stereocenters. The van der Waals surface area contributed by atoms with E-state index in [4.69, 9.17) is 37.7 Å². The maximum Gasteiger partial charge on any atom is 0.251 e. The van der Waals surface area contributed by atoms with E-state index in [9.17, 15) is 9.59 Å². The van der Waals surface area contributed by atoms with Gasteiger partial charge in [-0.05, 0) is 80.1 Å². The Morgan fingerprint density at radius 3 is 2.63 bits per heavy atom. The molecule has 2 fully saturated rings. The molecule has 2 amide bonds. The molecule has 0 bridgehead atoms. The molecule has 3 aliphatic rings. The standard InChI is InChI=1S/C37H40Cl2FN5O4/c1-37(36(47)42-25-6-3-5-24(38)20-25)32(26-7-4-8-27(39)33(26)40)31-30(45(37)21-22-9-10-22)13-15-44-29-12-11-23(19-28(29)43-34(31)44)35(46)41-14-16-49-18-17-48-2/h3-8,11-12,19-20,22,30-32H,9-10,13-18,21H2,1-2H3,(H,41,46)(H,42,47)/t30-,31+,32-,37+/m0/s1. The van der Waals surface area contributed by atoms with Crippen LogP contribution in [0, 0.1) is 11.7 Å². The van der Waals surface area contributed by atoms with Gasteiger partial charge in [0.2, 0.25) is 5.91 Å². The quantitative estimate of drug-likeness (QED) is 0.160. The number of ether oxygens (including phenoxy) is 2. The lowest BCUT2D eigenvalue weighted by atomic mass is 9.73. The van der Waals surface area contributed by atoms with Crippen molar-refractivity contribution in [1.82, 2.24) is 19.8 Å². The lowest BCUT2D eigenvalue weighted by Crippen LogP contribution is -2.56. The largest absolute Gasteiger partial charge is 0.382 e. The molecule has 3 heterocycles. The molecule has 4 aromatic rings. The molecule has 1 saturated carbocycles. The lowest BCUT2D eigenvalue weighted by molar-refractivity contribution is -0.127. The minimum Gasteiger partial charge on any atom is -0.382 e. The number of rotatable bonds is 12. The Morgan fingerprint density at radius 2 is 1.86 bits per heavy atom. The molecule has 0 radical (unpaired) electrons. The lowest BCUT2D eigenvalue weighted by Gasteiger charge is -2.40. The van der Waals surface area contributed by atoms with Crippen LogP contribution in [0.1, 0.15) is 59.8 Å². The summed E-state index contributed by atoms with van der Waals surface area (Å²) in [5.41, 5.74) is 1.86. The molecule has 49 heavy (non-hydrogen) atoms. The number of imidazole rings is 1. The number of carbonyl (C=O) groups excluding carboxylic acids is 2. The van der Waals surface area contributed by atoms with Gasteiger partial charge in [-0.15, -0.1) is 0 Å². The molecule has 1 aromatic heterocycles. The predicted octanol–water partition coefficient (Wildman–Crippen LogP) is 6.64. The van der Waals surface area contributed by atoms with Crippen LogP contribution in [0.4, 0.5) is 10.1 Å². The van der Waals surface area contributed by atoms with Crippen molar-refractivity contribution in [2.45, 2.75) is 56.1 Å². The Morgan fingerprint density at radius 1 is 1.04 bits per heavy atom. The first-order chi connectivity index (χ1) is 23.7. The first kappa shape index (κ1) is 33.9. The first-order valence-electron chi connectivity index (χ1n) is 16.8. The van der Waals surface area contributed by atoms with Gasteiger partial charge in [0.1, 0.15) is 17.2 Å². The summed E-state index contributed by atoms with van der Waals surface area (Å²) in [6.45, 7) is 5.03. The third kappa shape index (κ3) is 6.45. The zero-order valence-electron chi connectivity index (χ0n) is 27.6. The summed E-state index contributed by atoms with van der Waals surface area (Å²) < 4.78 is 28.9. The molecule has 7 rings (SSSR count). The van der Waals surface area contributed by atoms with E-state index in [1.807, 2.05) is 13.0 Å². The monoisotopic (exact) mass is 707 g/mol. The minimum absolute atomic E-state index is 0.0105. The predicted molar refractivity (Wildman–Crippen MR) is 188 cm³/mol. The van der Waals surface area contributed by atoms with Gasteiger partial charge >= 0.3 is 0 Å². The average Bonchev–Trinajstić information content (AvgIpc) is 3.78. The maximum atomic E-state index is 16.2. The van der Waals surface area contributed by atoms with E-state index in [-0.39, 0.29) is 28.8 Å². The van der Waals surface area contributed by atoms with Crippen LogP contribution in [0.3, 0.4) is 0 Å². The van der Waals surface area contributed by atoms with Crippen LogP contribution >= 0.6 is 23.2 Å². The normalized spacial score (nSPS) is 23.3. The Hall–Kier alpha value is -3.54. The van der Waals surface area contributed by atoms with Gasteiger partial charge in [0.25, 0.3) is 5.91 Å². The number of aromatic nitrogens is 2. The Balaban J connectivity index is 1.29. The molecule has 3 aromatic carbocycles. The molecule has 2 aliphatic heterocycles. The van der Waals surface area contributed by atoms with Gasteiger partial charge in [0.15, 0.2) is 0 Å². The van der Waals surface area contributed by atoms with Crippen LogP contribution in [0.25, 0.3) is 11.0 Å². The van der Waals surface area contributed by atoms with Crippen LogP contribution in [0.2, 0.25) is 10.0 Å². The third-order valence-corrected chi connectivity index (χ3v) is 10.9. The fourth-order valence-corrected chi connectivity index (χ4v) is 8.20. The van der Waals surface area contributed by atoms with Crippen molar-refractivity contribution in [2.75, 3.05) is 45.3 Å². The average molecular weight is 709 g/mol. The Kier molecular flexibility index (Phi) is 9.69. The van der Waals surface area contributed by atoms with Gasteiger partial charge in [0, 0.05) is 60.9 Å². The van der Waals surface area contributed by atoms with E-state index in [0.29, 0.717) is 66.2 Å². The molecule has 1 saturated heterocycles. The topological polar surface area (TPSA) is 97.7 Å². The van der Waals surface area contributed by atoms with Crippen LogP contribution in [-0.2, 0) is 20.8 Å². The second-order valence-electron chi connectivity index (χ2n) is 13.4. The summed E-state index contributed by atoms with van der Waals surface area (Å²) in [7, 11) is 1.61. The maximum absolute atomic E-state index is 16.2. The van der Waals surface area contributed by atoms with Crippen molar-refractivity contribution in [1.29, 1.82) is 0 Å². The summed E-state index contributed by atoms with van der Waals surface area (Å²) in [4.78, 5) is 35.2. The van der Waals surface area contributed by atoms with E-state index in [1.54, 1.807) is 55.6 Å². The van der Waals surface area contributed by atoms with Gasteiger partial charge in [0.05, 0.1) is 35.9 Å². The number of halogens is 3. The van der Waals surface area contributed by atoms with Crippen molar-refractivity contribution in [2.24, 2.45) is 5.92 Å². The van der Waals surface area contributed by atoms with Crippen molar-refractivity contribution in [3.05, 3.63) is 93.5 Å². The van der Waals surface area contributed by atoms with Gasteiger partial charge in [-0.1, -0.05) is 41.4 Å². The van der Waals surface area contributed by atoms with Gasteiger partial charge in [-0.25, -0.2) is 9.37 Å². The second-order valence-corrected chi connectivity index (χ2v) is 14.2. The molecular weight excluding hydrogens is 668 g/mol. The summed E-state index contributed by atoms with van der Waals surface area (Å²) in [5.74, 6) is -0.686. The highest BCUT2D eigenvalue weighted by Crippen LogP contribution is 2.58. The molecular formula is C37H40Cl2FN5O4. The van der Waals surface area contributed by atoms with Gasteiger partial charge < -0.3 is 24.7 Å².